The first-order chi connectivity index (χ1) is 9.78. The van der Waals surface area contributed by atoms with Crippen LogP contribution >= 0.6 is 11.6 Å². The second-order valence-corrected chi connectivity index (χ2v) is 6.41. The minimum absolute atomic E-state index is 0.0180. The van der Waals surface area contributed by atoms with Gasteiger partial charge in [-0.2, -0.15) is 4.31 Å². The highest BCUT2D eigenvalue weighted by Crippen LogP contribution is 2.28. The first-order valence-corrected chi connectivity index (χ1v) is 7.61. The molecule has 114 valence electrons. The van der Waals surface area contributed by atoms with Crippen molar-refractivity contribution in [1.29, 1.82) is 0 Å². The summed E-state index contributed by atoms with van der Waals surface area (Å²) in [4.78, 5) is 10.4. The van der Waals surface area contributed by atoms with Gasteiger partial charge in [0.15, 0.2) is 6.61 Å². The molecule has 0 heterocycles. The maximum atomic E-state index is 12.2. The zero-order chi connectivity index (χ0) is 16.0. The summed E-state index contributed by atoms with van der Waals surface area (Å²) in [6.45, 7) is 1.12. The lowest BCUT2D eigenvalue weighted by atomic mass is 10.3. The largest absolute Gasteiger partial charge is 0.480 e. The number of rotatable bonds is 6. The number of carboxylic acids is 1. The number of ether oxygens (including phenoxy) is 1. The van der Waals surface area contributed by atoms with Crippen molar-refractivity contribution in [3.05, 3.63) is 23.2 Å². The molecule has 1 N–H and O–H groups in total. The van der Waals surface area contributed by atoms with E-state index >= 15 is 0 Å². The Morgan fingerprint density at radius 1 is 1.48 bits per heavy atom. The Labute approximate surface area is 128 Å². The fourth-order valence-corrected chi connectivity index (χ4v) is 2.75. The molecule has 0 saturated carbocycles. The fraction of sp³-hybridized carbons (Fsp3) is 0.308. The molecule has 8 heteroatoms. The summed E-state index contributed by atoms with van der Waals surface area (Å²) in [7, 11) is -2.30. The van der Waals surface area contributed by atoms with Crippen LogP contribution in [0.4, 0.5) is 0 Å². The Bertz CT molecular complexity index is 690. The van der Waals surface area contributed by atoms with Crippen molar-refractivity contribution in [3.8, 4) is 17.6 Å². The van der Waals surface area contributed by atoms with Gasteiger partial charge in [-0.3, -0.25) is 0 Å². The first kappa shape index (κ1) is 17.3. The van der Waals surface area contributed by atoms with Crippen molar-refractivity contribution < 1.29 is 23.1 Å². The van der Waals surface area contributed by atoms with Crippen molar-refractivity contribution in [2.75, 3.05) is 20.2 Å². The lowest BCUT2D eigenvalue weighted by Gasteiger charge is -2.15. The van der Waals surface area contributed by atoms with Crippen LogP contribution in [0.25, 0.3) is 0 Å². The van der Waals surface area contributed by atoms with Gasteiger partial charge < -0.3 is 9.84 Å². The molecule has 0 aliphatic rings. The Hall–Kier alpha value is -1.75. The van der Waals surface area contributed by atoms with Crippen LogP contribution in [-0.4, -0.2) is 44.0 Å². The highest BCUT2D eigenvalue weighted by molar-refractivity contribution is 7.89. The van der Waals surface area contributed by atoms with E-state index in [-0.39, 0.29) is 22.2 Å². The number of nitrogens with zero attached hydrogens (tertiary/aromatic N) is 1. The molecule has 0 atom stereocenters. The molecule has 0 aliphatic carbocycles. The van der Waals surface area contributed by atoms with Crippen LogP contribution in [0.1, 0.15) is 6.92 Å². The molecule has 1 aromatic carbocycles. The minimum Gasteiger partial charge on any atom is -0.480 e. The molecule has 1 rings (SSSR count). The van der Waals surface area contributed by atoms with E-state index in [1.165, 1.54) is 25.2 Å². The van der Waals surface area contributed by atoms with Crippen molar-refractivity contribution in [3.63, 3.8) is 0 Å². The van der Waals surface area contributed by atoms with Crippen LogP contribution in [-0.2, 0) is 14.8 Å². The van der Waals surface area contributed by atoms with E-state index in [0.717, 1.165) is 4.31 Å². The number of benzene rings is 1. The van der Waals surface area contributed by atoms with E-state index in [9.17, 15) is 13.2 Å². The lowest BCUT2D eigenvalue weighted by molar-refractivity contribution is -0.139. The summed E-state index contributed by atoms with van der Waals surface area (Å²) in [6, 6.07) is 3.83. The Morgan fingerprint density at radius 3 is 2.67 bits per heavy atom. The molecule has 0 saturated heterocycles. The summed E-state index contributed by atoms with van der Waals surface area (Å²) < 4.78 is 30.5. The van der Waals surface area contributed by atoms with Crippen LogP contribution in [0.15, 0.2) is 23.1 Å². The van der Waals surface area contributed by atoms with Crippen molar-refractivity contribution in [2.45, 2.75) is 11.8 Å². The SMILES string of the molecule is CC#CCN(C)S(=O)(=O)c1ccc(OCC(=O)O)c(Cl)c1. The normalized spacial score (nSPS) is 10.9. The second-order valence-electron chi connectivity index (χ2n) is 3.96. The van der Waals surface area contributed by atoms with Crippen molar-refractivity contribution in [2.24, 2.45) is 0 Å². The average molecular weight is 332 g/mol. The zero-order valence-electron chi connectivity index (χ0n) is 11.5. The number of hydrogen-bond acceptors (Lipinski definition) is 4. The minimum atomic E-state index is -3.71. The number of sulfonamides is 1. The molecule has 0 spiro atoms. The van der Waals surface area contributed by atoms with Gasteiger partial charge in [0.2, 0.25) is 10.0 Å². The Balaban J connectivity index is 3.01. The molecule has 0 radical (unpaired) electrons. The Morgan fingerprint density at radius 2 is 2.14 bits per heavy atom. The van der Waals surface area contributed by atoms with E-state index in [1.54, 1.807) is 6.92 Å². The summed E-state index contributed by atoms with van der Waals surface area (Å²) in [5.41, 5.74) is 0. The van der Waals surface area contributed by atoms with Gasteiger partial charge in [-0.15, -0.1) is 5.92 Å². The highest BCUT2D eigenvalue weighted by Gasteiger charge is 2.21. The van der Waals surface area contributed by atoms with Crippen LogP contribution in [0, 0.1) is 11.8 Å². The third-order valence-corrected chi connectivity index (χ3v) is 4.54. The number of halogens is 1. The van der Waals surface area contributed by atoms with Crippen molar-refractivity contribution in [1.82, 2.24) is 4.31 Å². The maximum Gasteiger partial charge on any atom is 0.341 e. The number of hydrogen-bond donors (Lipinski definition) is 1. The number of aliphatic carboxylic acids is 1. The van der Waals surface area contributed by atoms with E-state index in [4.69, 9.17) is 21.4 Å². The van der Waals surface area contributed by atoms with Gasteiger partial charge >= 0.3 is 5.97 Å². The molecule has 6 nitrogen and oxygen atoms in total. The molecule has 0 fully saturated rings. The predicted octanol–water partition coefficient (Wildman–Crippen LogP) is 1.45. The zero-order valence-corrected chi connectivity index (χ0v) is 13.0. The van der Waals surface area contributed by atoms with Gasteiger partial charge in [-0.25, -0.2) is 13.2 Å². The van der Waals surface area contributed by atoms with Crippen LogP contribution in [0.3, 0.4) is 0 Å². The molecule has 21 heavy (non-hydrogen) atoms. The molecule has 0 unspecified atom stereocenters. The Kier molecular flexibility index (Phi) is 6.03. The van der Waals surface area contributed by atoms with Crippen LogP contribution < -0.4 is 4.74 Å². The third kappa shape index (κ3) is 4.63. The summed E-state index contributed by atoms with van der Waals surface area (Å²) in [5.74, 6) is 4.22. The molecular formula is C13H14ClNO5S. The van der Waals surface area contributed by atoms with E-state index in [1.807, 2.05) is 0 Å². The summed E-state index contributed by atoms with van der Waals surface area (Å²) >= 11 is 5.90. The predicted molar refractivity (Wildman–Crippen MR) is 77.8 cm³/mol. The monoisotopic (exact) mass is 331 g/mol. The number of carbonyl (C=O) groups is 1. The average Bonchev–Trinajstić information content (AvgIpc) is 2.42. The van der Waals surface area contributed by atoms with Crippen molar-refractivity contribution >= 4 is 27.6 Å². The topological polar surface area (TPSA) is 83.9 Å². The first-order valence-electron chi connectivity index (χ1n) is 5.79. The van der Waals surface area contributed by atoms with Gasteiger partial charge in [0.25, 0.3) is 0 Å². The molecule has 0 aromatic heterocycles. The highest BCUT2D eigenvalue weighted by atomic mass is 35.5. The van der Waals surface area contributed by atoms with Gasteiger partial charge in [0.1, 0.15) is 5.75 Å². The number of carboxylic acid groups (broad SMARTS) is 1. The van der Waals surface area contributed by atoms with Crippen LogP contribution in [0.2, 0.25) is 5.02 Å². The fourth-order valence-electron chi connectivity index (χ4n) is 1.35. The quantitative estimate of drug-likeness (QED) is 0.797. The van der Waals surface area contributed by atoms with Gasteiger partial charge in [0.05, 0.1) is 16.5 Å². The maximum absolute atomic E-state index is 12.2. The summed E-state index contributed by atoms with van der Waals surface area (Å²) in [6.07, 6.45) is 0. The molecule has 0 aliphatic heterocycles. The standard InChI is InChI=1S/C13H14ClNO5S/c1-3-4-7-15(2)21(18,19)10-5-6-12(11(14)8-10)20-9-13(16)17/h5-6,8H,7,9H2,1-2H3,(H,16,17). The molecule has 1 aromatic rings. The second kappa shape index (κ2) is 7.31. The smallest absolute Gasteiger partial charge is 0.341 e. The van der Waals surface area contributed by atoms with E-state index < -0.39 is 22.6 Å². The molecule has 0 amide bonds. The lowest BCUT2D eigenvalue weighted by Crippen LogP contribution is -2.27. The van der Waals surface area contributed by atoms with Crippen LogP contribution in [0.5, 0.6) is 5.75 Å². The van der Waals surface area contributed by atoms with E-state index in [2.05, 4.69) is 11.8 Å². The van der Waals surface area contributed by atoms with Gasteiger partial charge in [0, 0.05) is 7.05 Å². The third-order valence-electron chi connectivity index (χ3n) is 2.44. The molecule has 0 bridgehead atoms. The molecular weight excluding hydrogens is 318 g/mol. The van der Waals surface area contributed by atoms with Gasteiger partial charge in [-0.05, 0) is 25.1 Å². The summed E-state index contributed by atoms with van der Waals surface area (Å²) in [5, 5.41) is 8.54. The van der Waals surface area contributed by atoms with E-state index in [0.29, 0.717) is 0 Å². The van der Waals surface area contributed by atoms with Gasteiger partial charge in [-0.1, -0.05) is 17.5 Å².